The van der Waals surface area contributed by atoms with Crippen molar-refractivity contribution in [1.82, 2.24) is 14.8 Å². The maximum Gasteiger partial charge on any atom is 0.328 e. The van der Waals surface area contributed by atoms with E-state index in [0.29, 0.717) is 37.3 Å². The Balaban J connectivity index is 1.51. The summed E-state index contributed by atoms with van der Waals surface area (Å²) in [5.74, 6) is -0.874. The maximum atomic E-state index is 13.8. The van der Waals surface area contributed by atoms with E-state index in [4.69, 9.17) is 9.47 Å². The quantitative estimate of drug-likeness (QED) is 0.300. The number of amides is 3. The summed E-state index contributed by atoms with van der Waals surface area (Å²) in [4.78, 5) is 59.5. The molecule has 0 bridgehead atoms. The van der Waals surface area contributed by atoms with Crippen molar-refractivity contribution >= 4 is 23.7 Å². The van der Waals surface area contributed by atoms with Gasteiger partial charge >= 0.3 is 5.97 Å². The van der Waals surface area contributed by atoms with Crippen LogP contribution < -0.4 is 4.74 Å². The molecule has 9 nitrogen and oxygen atoms in total. The van der Waals surface area contributed by atoms with Gasteiger partial charge in [0.15, 0.2) is 0 Å². The highest BCUT2D eigenvalue weighted by Gasteiger charge is 2.54. The number of carbonyl (C=O) groups is 4. The first kappa shape index (κ1) is 25.3. The van der Waals surface area contributed by atoms with Crippen molar-refractivity contribution in [3.8, 4) is 5.75 Å². The molecule has 2 atom stereocenters. The number of methoxy groups -OCH3 is 1. The number of hydrogen-bond acceptors (Lipinski definition) is 7. The largest absolute Gasteiger partial charge is 0.492 e. The van der Waals surface area contributed by atoms with Crippen molar-refractivity contribution in [2.24, 2.45) is 0 Å². The zero-order valence-electron chi connectivity index (χ0n) is 20.4. The number of benzene rings is 1. The van der Waals surface area contributed by atoms with Crippen LogP contribution in [0.2, 0.25) is 0 Å². The van der Waals surface area contributed by atoms with Crippen LogP contribution in [0.25, 0.3) is 0 Å². The van der Waals surface area contributed by atoms with Crippen molar-refractivity contribution in [1.29, 1.82) is 0 Å². The van der Waals surface area contributed by atoms with Gasteiger partial charge in [0.1, 0.15) is 11.8 Å². The number of rotatable bonds is 9. The van der Waals surface area contributed by atoms with Gasteiger partial charge in [-0.05, 0) is 43.4 Å². The van der Waals surface area contributed by atoms with Crippen LogP contribution in [0.15, 0.2) is 54.9 Å². The molecule has 2 unspecified atom stereocenters. The number of nitrogens with zero attached hydrogens (tertiary/aromatic N) is 3. The summed E-state index contributed by atoms with van der Waals surface area (Å²) in [6, 6.07) is 11.9. The minimum atomic E-state index is -1.31. The van der Waals surface area contributed by atoms with Gasteiger partial charge in [0.05, 0.1) is 25.3 Å². The third kappa shape index (κ3) is 5.24. The van der Waals surface area contributed by atoms with Gasteiger partial charge in [-0.1, -0.05) is 30.3 Å². The zero-order valence-corrected chi connectivity index (χ0v) is 20.4. The van der Waals surface area contributed by atoms with Gasteiger partial charge in [-0.25, -0.2) is 4.79 Å². The highest BCUT2D eigenvalue weighted by atomic mass is 16.5. The fourth-order valence-electron chi connectivity index (χ4n) is 5.07. The highest BCUT2D eigenvalue weighted by Crippen LogP contribution is 2.41. The molecule has 2 aliphatic rings. The summed E-state index contributed by atoms with van der Waals surface area (Å²) in [5.41, 5.74) is -0.685. The average Bonchev–Trinajstić information content (AvgIpc) is 3.16. The molecule has 0 saturated carbocycles. The summed E-state index contributed by atoms with van der Waals surface area (Å²) in [5, 5.41) is 0. The second kappa shape index (κ2) is 11.3. The molecule has 190 valence electrons. The molecule has 2 saturated heterocycles. The van der Waals surface area contributed by atoms with E-state index >= 15 is 0 Å². The van der Waals surface area contributed by atoms with Gasteiger partial charge in [0.25, 0.3) is 0 Å². The normalized spacial score (nSPS) is 22.0. The summed E-state index contributed by atoms with van der Waals surface area (Å²) in [6.45, 7) is 0.921. The van der Waals surface area contributed by atoms with E-state index in [9.17, 15) is 19.2 Å². The highest BCUT2D eigenvalue weighted by molar-refractivity contribution is 6.10. The molecule has 36 heavy (non-hydrogen) atoms. The molecule has 4 rings (SSSR count). The molecule has 0 radical (unpaired) electrons. The maximum absolute atomic E-state index is 13.8. The molecule has 0 spiro atoms. The smallest absolute Gasteiger partial charge is 0.328 e. The van der Waals surface area contributed by atoms with Crippen LogP contribution in [0, 0.1) is 0 Å². The van der Waals surface area contributed by atoms with Gasteiger partial charge < -0.3 is 14.4 Å². The van der Waals surface area contributed by atoms with E-state index in [1.54, 1.807) is 48.8 Å². The Morgan fingerprint density at radius 2 is 1.92 bits per heavy atom. The molecule has 0 N–H and O–H groups in total. The number of carbonyl (C=O) groups excluding carboxylic acids is 4. The summed E-state index contributed by atoms with van der Waals surface area (Å²) >= 11 is 0. The fraction of sp³-hybridized carbons (Fsp3) is 0.444. The van der Waals surface area contributed by atoms with Crippen molar-refractivity contribution in [2.75, 3.05) is 26.8 Å². The predicted octanol–water partition coefficient (Wildman–Crippen LogP) is 2.49. The molecule has 2 aromatic rings. The standard InChI is InChI=1S/C27H31N3O6/c1-35-25(33)22-12-5-6-14-29(22)23(31)17-27(20-9-3-2-4-10-20)18-24(32)30(26(27)34)15-8-16-36-21-11-7-13-28-19-21/h2-4,7,9-11,13,19,22H,5-6,8,12,14-18H2,1H3. The van der Waals surface area contributed by atoms with Crippen LogP contribution >= 0.6 is 0 Å². The third-order valence-electron chi connectivity index (χ3n) is 6.91. The van der Waals surface area contributed by atoms with E-state index < -0.39 is 17.4 Å². The van der Waals surface area contributed by atoms with Crippen molar-refractivity contribution in [3.63, 3.8) is 0 Å². The van der Waals surface area contributed by atoms with Gasteiger partial charge in [0.2, 0.25) is 17.7 Å². The topological polar surface area (TPSA) is 106 Å². The lowest BCUT2D eigenvalue weighted by molar-refractivity contribution is -0.155. The van der Waals surface area contributed by atoms with Crippen LogP contribution in [-0.2, 0) is 29.3 Å². The molecule has 1 aromatic heterocycles. The Kier molecular flexibility index (Phi) is 7.97. The molecular weight excluding hydrogens is 462 g/mol. The van der Waals surface area contributed by atoms with E-state index in [0.717, 1.165) is 12.8 Å². The second-order valence-electron chi connectivity index (χ2n) is 9.16. The number of esters is 1. The van der Waals surface area contributed by atoms with E-state index in [1.807, 2.05) is 6.07 Å². The van der Waals surface area contributed by atoms with E-state index in [1.165, 1.54) is 16.9 Å². The zero-order chi connectivity index (χ0) is 25.5. The molecule has 2 fully saturated rings. The number of ether oxygens (including phenoxy) is 2. The van der Waals surface area contributed by atoms with E-state index in [2.05, 4.69) is 4.98 Å². The number of hydrogen-bond donors (Lipinski definition) is 0. The fourth-order valence-corrected chi connectivity index (χ4v) is 5.07. The second-order valence-corrected chi connectivity index (χ2v) is 9.16. The molecule has 2 aliphatic heterocycles. The molecule has 9 heteroatoms. The van der Waals surface area contributed by atoms with Crippen LogP contribution in [0.3, 0.4) is 0 Å². The van der Waals surface area contributed by atoms with Crippen LogP contribution in [-0.4, -0.2) is 71.3 Å². The number of imide groups is 1. The van der Waals surface area contributed by atoms with Crippen LogP contribution in [0.4, 0.5) is 0 Å². The van der Waals surface area contributed by atoms with Crippen molar-refractivity contribution < 1.29 is 28.7 Å². The molecule has 1 aromatic carbocycles. The molecule has 3 heterocycles. The van der Waals surface area contributed by atoms with Crippen LogP contribution in [0.1, 0.15) is 44.1 Å². The number of likely N-dealkylation sites (tertiary alicyclic amines) is 2. The molecular formula is C27H31N3O6. The Morgan fingerprint density at radius 3 is 2.64 bits per heavy atom. The minimum absolute atomic E-state index is 0.0955. The summed E-state index contributed by atoms with van der Waals surface area (Å²) < 4.78 is 10.6. The van der Waals surface area contributed by atoms with Gasteiger partial charge in [-0.2, -0.15) is 0 Å². The lowest BCUT2D eigenvalue weighted by atomic mass is 9.75. The Hall–Kier alpha value is -3.75. The lowest BCUT2D eigenvalue weighted by Crippen LogP contribution is -2.51. The van der Waals surface area contributed by atoms with Crippen molar-refractivity contribution in [3.05, 3.63) is 60.4 Å². The SMILES string of the molecule is COC(=O)C1CCCCN1C(=O)CC1(c2ccccc2)CC(=O)N(CCCOc2cccnc2)C1=O. The van der Waals surface area contributed by atoms with Gasteiger partial charge in [0, 0.05) is 32.1 Å². The Morgan fingerprint density at radius 1 is 1.11 bits per heavy atom. The summed E-state index contributed by atoms with van der Waals surface area (Å²) in [7, 11) is 1.31. The first-order chi connectivity index (χ1) is 17.5. The monoisotopic (exact) mass is 493 g/mol. The van der Waals surface area contributed by atoms with Crippen molar-refractivity contribution in [2.45, 2.75) is 50.0 Å². The van der Waals surface area contributed by atoms with Crippen LogP contribution in [0.5, 0.6) is 5.75 Å². The third-order valence-corrected chi connectivity index (χ3v) is 6.91. The average molecular weight is 494 g/mol. The summed E-state index contributed by atoms with van der Waals surface area (Å²) in [6.07, 6.45) is 5.53. The number of piperidine rings is 1. The number of pyridine rings is 1. The molecule has 0 aliphatic carbocycles. The van der Waals surface area contributed by atoms with Gasteiger partial charge in [-0.15, -0.1) is 0 Å². The van der Waals surface area contributed by atoms with Gasteiger partial charge in [-0.3, -0.25) is 24.3 Å². The first-order valence-corrected chi connectivity index (χ1v) is 12.3. The Labute approximate surface area is 210 Å². The number of aromatic nitrogens is 1. The predicted molar refractivity (Wildman–Crippen MR) is 130 cm³/mol. The first-order valence-electron chi connectivity index (χ1n) is 12.3. The molecule has 3 amide bonds. The Bertz CT molecular complexity index is 1090. The minimum Gasteiger partial charge on any atom is -0.492 e. The van der Waals surface area contributed by atoms with E-state index in [-0.39, 0.29) is 37.1 Å². The lowest BCUT2D eigenvalue weighted by Gasteiger charge is -2.36.